The maximum atomic E-state index is 9.45. The Morgan fingerprint density at radius 2 is 2.25 bits per heavy atom. The van der Waals surface area contributed by atoms with E-state index in [1.54, 1.807) is 24.3 Å². The number of thiocarbonyl (C=S) groups is 1. The number of hydrazone groups is 1. The van der Waals surface area contributed by atoms with Gasteiger partial charge in [-0.25, -0.2) is 0 Å². The van der Waals surface area contributed by atoms with E-state index in [0.717, 1.165) is 0 Å². The molecule has 7 heteroatoms. The average molecular weight is 286 g/mol. The molecule has 100 valence electrons. The van der Waals surface area contributed by atoms with Crippen LogP contribution in [0.5, 0.6) is 5.75 Å². The highest BCUT2D eigenvalue weighted by Crippen LogP contribution is 2.26. The van der Waals surface area contributed by atoms with Gasteiger partial charge in [-0.2, -0.15) is 10.4 Å². The summed E-state index contributed by atoms with van der Waals surface area (Å²) in [4.78, 5) is 0. The molecule has 0 fully saturated rings. The molecule has 0 saturated carbocycles. The molecule has 1 aromatic heterocycles. The predicted molar refractivity (Wildman–Crippen MR) is 78.0 cm³/mol. The van der Waals surface area contributed by atoms with Gasteiger partial charge in [-0.1, -0.05) is 0 Å². The quantitative estimate of drug-likeness (QED) is 0.450. The summed E-state index contributed by atoms with van der Waals surface area (Å²) in [6.45, 7) is 0. The van der Waals surface area contributed by atoms with Crippen LogP contribution >= 0.6 is 12.2 Å². The number of rotatable bonds is 3. The Morgan fingerprint density at radius 3 is 2.95 bits per heavy atom. The summed E-state index contributed by atoms with van der Waals surface area (Å²) in [6.07, 6.45) is 1.42. The second-order valence-electron chi connectivity index (χ2n) is 3.78. The van der Waals surface area contributed by atoms with Crippen molar-refractivity contribution in [2.75, 3.05) is 0 Å². The number of hydrogen-bond donors (Lipinski definition) is 3. The van der Waals surface area contributed by atoms with Crippen LogP contribution in [0.1, 0.15) is 11.3 Å². The number of nitrogens with two attached hydrogens (primary N) is 1. The third kappa shape index (κ3) is 3.13. The molecule has 2 aromatic rings. The van der Waals surface area contributed by atoms with Gasteiger partial charge in [0.1, 0.15) is 23.3 Å². The van der Waals surface area contributed by atoms with E-state index in [4.69, 9.17) is 15.4 Å². The van der Waals surface area contributed by atoms with Crippen molar-refractivity contribution in [1.29, 1.82) is 5.26 Å². The molecule has 20 heavy (non-hydrogen) atoms. The molecule has 0 bridgehead atoms. The zero-order chi connectivity index (χ0) is 14.5. The monoisotopic (exact) mass is 286 g/mol. The van der Waals surface area contributed by atoms with Crippen molar-refractivity contribution in [1.82, 2.24) is 5.43 Å². The zero-order valence-electron chi connectivity index (χ0n) is 10.2. The molecule has 0 aliphatic carbocycles. The van der Waals surface area contributed by atoms with Crippen LogP contribution in [0.15, 0.2) is 39.9 Å². The van der Waals surface area contributed by atoms with Gasteiger partial charge in [-0.3, -0.25) is 5.43 Å². The summed E-state index contributed by atoms with van der Waals surface area (Å²) in [6, 6.07) is 9.98. The van der Waals surface area contributed by atoms with Crippen molar-refractivity contribution in [3.63, 3.8) is 0 Å². The summed E-state index contributed by atoms with van der Waals surface area (Å²) >= 11 is 4.60. The second kappa shape index (κ2) is 5.86. The Morgan fingerprint density at radius 1 is 1.45 bits per heavy atom. The summed E-state index contributed by atoms with van der Waals surface area (Å²) in [7, 11) is 0. The van der Waals surface area contributed by atoms with E-state index in [2.05, 4.69) is 22.7 Å². The smallest absolute Gasteiger partial charge is 0.184 e. The molecule has 2 rings (SSSR count). The highest BCUT2D eigenvalue weighted by atomic mass is 32.1. The number of hydrogen-bond acceptors (Lipinski definition) is 5. The standard InChI is InChI=1S/C13H10N4O2S/c14-6-9-5-8(1-3-11(9)18)12-4-2-10(19-12)7-16-17-13(15)20/h1-5,7,18H,(H3,15,17,20)/b16-7+. The van der Waals surface area contributed by atoms with Gasteiger partial charge in [0.2, 0.25) is 0 Å². The van der Waals surface area contributed by atoms with Crippen LogP contribution in [0.25, 0.3) is 11.3 Å². The lowest BCUT2D eigenvalue weighted by Crippen LogP contribution is -2.23. The fraction of sp³-hybridized carbons (Fsp3) is 0. The molecule has 0 amide bonds. The maximum Gasteiger partial charge on any atom is 0.184 e. The normalized spacial score (nSPS) is 10.3. The topological polar surface area (TPSA) is 108 Å². The third-order valence-corrected chi connectivity index (χ3v) is 2.49. The number of nitrogens with one attached hydrogen (secondary N) is 1. The summed E-state index contributed by atoms with van der Waals surface area (Å²) in [5, 5.41) is 22.1. The van der Waals surface area contributed by atoms with Gasteiger partial charge in [-0.15, -0.1) is 0 Å². The Hall–Kier alpha value is -2.85. The fourth-order valence-electron chi connectivity index (χ4n) is 1.52. The molecule has 0 aliphatic heterocycles. The van der Waals surface area contributed by atoms with Crippen molar-refractivity contribution in [3.05, 3.63) is 41.7 Å². The third-order valence-electron chi connectivity index (χ3n) is 2.39. The maximum absolute atomic E-state index is 9.45. The minimum absolute atomic E-state index is 0.0604. The molecule has 0 unspecified atom stereocenters. The van der Waals surface area contributed by atoms with Crippen LogP contribution in [0.3, 0.4) is 0 Å². The number of furan rings is 1. The largest absolute Gasteiger partial charge is 0.507 e. The highest BCUT2D eigenvalue weighted by molar-refractivity contribution is 7.80. The Balaban J connectivity index is 2.23. The first-order valence-electron chi connectivity index (χ1n) is 5.52. The van der Waals surface area contributed by atoms with Crippen molar-refractivity contribution < 1.29 is 9.52 Å². The van der Waals surface area contributed by atoms with E-state index >= 15 is 0 Å². The molecule has 0 aliphatic rings. The summed E-state index contributed by atoms with van der Waals surface area (Å²) < 4.78 is 5.53. The van der Waals surface area contributed by atoms with Crippen LogP contribution in [-0.4, -0.2) is 16.4 Å². The minimum atomic E-state index is -0.0646. The molecule has 0 atom stereocenters. The fourth-order valence-corrected chi connectivity index (χ4v) is 1.57. The lowest BCUT2D eigenvalue weighted by molar-refractivity contribution is 0.473. The molecular formula is C13H10N4O2S. The predicted octanol–water partition coefficient (Wildman–Crippen LogP) is 1.69. The van der Waals surface area contributed by atoms with Gasteiger partial charge in [0.15, 0.2) is 5.11 Å². The number of phenols is 1. The van der Waals surface area contributed by atoms with Crippen LogP contribution in [0, 0.1) is 11.3 Å². The van der Waals surface area contributed by atoms with E-state index in [-0.39, 0.29) is 16.4 Å². The second-order valence-corrected chi connectivity index (χ2v) is 4.22. The van der Waals surface area contributed by atoms with E-state index in [1.165, 1.54) is 12.3 Å². The first-order valence-corrected chi connectivity index (χ1v) is 5.93. The highest BCUT2D eigenvalue weighted by Gasteiger charge is 2.07. The Labute approximate surface area is 120 Å². The number of benzene rings is 1. The lowest BCUT2D eigenvalue weighted by Gasteiger charge is -1.99. The molecule has 4 N–H and O–H groups in total. The van der Waals surface area contributed by atoms with Gasteiger partial charge in [-0.05, 0) is 42.5 Å². The number of nitrogens with zero attached hydrogens (tertiary/aromatic N) is 2. The molecule has 0 radical (unpaired) electrons. The van der Waals surface area contributed by atoms with Gasteiger partial charge in [0.05, 0.1) is 11.8 Å². The number of nitriles is 1. The number of phenolic OH excluding ortho intramolecular Hbond substituents is 1. The number of aromatic hydroxyl groups is 1. The van der Waals surface area contributed by atoms with Crippen LogP contribution in [-0.2, 0) is 0 Å². The van der Waals surface area contributed by atoms with E-state index in [9.17, 15) is 5.11 Å². The minimum Gasteiger partial charge on any atom is -0.507 e. The van der Waals surface area contributed by atoms with Crippen LogP contribution in [0.4, 0.5) is 0 Å². The molecule has 6 nitrogen and oxygen atoms in total. The molecule has 1 aromatic carbocycles. The summed E-state index contributed by atoms with van der Waals surface area (Å²) in [5.41, 5.74) is 8.50. The van der Waals surface area contributed by atoms with Gasteiger partial charge in [0.25, 0.3) is 0 Å². The molecule has 1 heterocycles. The lowest BCUT2D eigenvalue weighted by atomic mass is 10.1. The summed E-state index contributed by atoms with van der Waals surface area (Å²) in [5.74, 6) is 0.985. The molecule has 0 spiro atoms. The average Bonchev–Trinajstić information content (AvgIpc) is 2.87. The van der Waals surface area contributed by atoms with Crippen LogP contribution in [0.2, 0.25) is 0 Å². The van der Waals surface area contributed by atoms with E-state index < -0.39 is 0 Å². The van der Waals surface area contributed by atoms with Crippen molar-refractivity contribution in [3.8, 4) is 23.1 Å². The zero-order valence-corrected chi connectivity index (χ0v) is 11.0. The molecule has 0 saturated heterocycles. The van der Waals surface area contributed by atoms with E-state index in [1.807, 2.05) is 6.07 Å². The van der Waals surface area contributed by atoms with Gasteiger partial charge >= 0.3 is 0 Å². The van der Waals surface area contributed by atoms with E-state index in [0.29, 0.717) is 17.1 Å². The Kier molecular flexibility index (Phi) is 3.98. The first-order chi connectivity index (χ1) is 9.60. The van der Waals surface area contributed by atoms with Crippen LogP contribution < -0.4 is 11.2 Å². The van der Waals surface area contributed by atoms with Gasteiger partial charge < -0.3 is 15.3 Å². The molecular weight excluding hydrogens is 276 g/mol. The van der Waals surface area contributed by atoms with Crippen molar-refractivity contribution in [2.24, 2.45) is 10.8 Å². The van der Waals surface area contributed by atoms with Crippen molar-refractivity contribution in [2.45, 2.75) is 0 Å². The first kappa shape index (κ1) is 13.6. The SMILES string of the molecule is N#Cc1cc(-c2ccc(/C=N/NC(N)=S)o2)ccc1O. The van der Waals surface area contributed by atoms with Crippen molar-refractivity contribution >= 4 is 23.5 Å². The Bertz CT molecular complexity index is 715. The van der Waals surface area contributed by atoms with Gasteiger partial charge in [0, 0.05) is 5.56 Å².